The molecule has 1 aromatic heterocycles. The Labute approximate surface area is 114 Å². The third-order valence-corrected chi connectivity index (χ3v) is 4.44. The Morgan fingerprint density at radius 1 is 1.42 bits per heavy atom. The molecule has 0 spiro atoms. The van der Waals surface area contributed by atoms with Gasteiger partial charge in [-0.1, -0.05) is 20.3 Å². The first-order valence-corrected chi connectivity index (χ1v) is 7.45. The lowest BCUT2D eigenvalue weighted by molar-refractivity contribution is -0.145. The summed E-state index contributed by atoms with van der Waals surface area (Å²) >= 11 is 0. The molecule has 0 atom stereocenters. The SMILES string of the molecule is CC(C)c1nccn1CC1CN(C(=O)C2CCC2)C1. The lowest BCUT2D eigenvalue weighted by Crippen LogP contribution is -2.54. The molecular formula is C15H23N3O. The van der Waals surface area contributed by atoms with E-state index < -0.39 is 0 Å². The molecule has 0 N–H and O–H groups in total. The Morgan fingerprint density at radius 3 is 2.74 bits per heavy atom. The van der Waals surface area contributed by atoms with Crippen LogP contribution in [-0.4, -0.2) is 33.4 Å². The Hall–Kier alpha value is -1.32. The van der Waals surface area contributed by atoms with Crippen LogP contribution in [0.1, 0.15) is 44.9 Å². The van der Waals surface area contributed by atoms with Crippen molar-refractivity contribution in [3.63, 3.8) is 0 Å². The first kappa shape index (κ1) is 12.7. The van der Waals surface area contributed by atoms with E-state index in [1.54, 1.807) is 0 Å². The lowest BCUT2D eigenvalue weighted by Gasteiger charge is -2.43. The quantitative estimate of drug-likeness (QED) is 0.834. The molecule has 4 nitrogen and oxygen atoms in total. The summed E-state index contributed by atoms with van der Waals surface area (Å²) in [6.07, 6.45) is 7.40. The van der Waals surface area contributed by atoms with Crippen LogP contribution in [0.15, 0.2) is 12.4 Å². The van der Waals surface area contributed by atoms with Gasteiger partial charge in [0.1, 0.15) is 5.82 Å². The molecule has 1 amide bonds. The largest absolute Gasteiger partial charge is 0.342 e. The van der Waals surface area contributed by atoms with Crippen LogP contribution in [0.25, 0.3) is 0 Å². The van der Waals surface area contributed by atoms with Gasteiger partial charge in [0, 0.05) is 49.8 Å². The van der Waals surface area contributed by atoms with Crippen LogP contribution in [0.4, 0.5) is 0 Å². The third-order valence-electron chi connectivity index (χ3n) is 4.44. The second-order valence-electron chi connectivity index (χ2n) is 6.33. The monoisotopic (exact) mass is 261 g/mol. The van der Waals surface area contributed by atoms with Crippen molar-refractivity contribution in [2.45, 2.75) is 45.6 Å². The second-order valence-corrected chi connectivity index (χ2v) is 6.33. The predicted octanol–water partition coefficient (Wildman–Crippen LogP) is 2.27. The zero-order valence-corrected chi connectivity index (χ0v) is 11.9. The smallest absolute Gasteiger partial charge is 0.225 e. The highest BCUT2D eigenvalue weighted by Crippen LogP contribution is 2.31. The molecule has 0 bridgehead atoms. The average Bonchev–Trinajstić information content (AvgIpc) is 2.67. The Bertz CT molecular complexity index is 456. The summed E-state index contributed by atoms with van der Waals surface area (Å²) in [5, 5.41) is 0. The van der Waals surface area contributed by atoms with Gasteiger partial charge in [-0.15, -0.1) is 0 Å². The molecule has 1 aliphatic carbocycles. The van der Waals surface area contributed by atoms with Gasteiger partial charge in [-0.05, 0) is 12.8 Å². The molecule has 1 saturated heterocycles. The number of imidazole rings is 1. The van der Waals surface area contributed by atoms with Crippen LogP contribution in [-0.2, 0) is 11.3 Å². The van der Waals surface area contributed by atoms with Crippen molar-refractivity contribution in [2.24, 2.45) is 11.8 Å². The maximum absolute atomic E-state index is 12.0. The topological polar surface area (TPSA) is 38.1 Å². The predicted molar refractivity (Wildman–Crippen MR) is 73.7 cm³/mol. The minimum atomic E-state index is 0.348. The molecule has 0 unspecified atom stereocenters. The van der Waals surface area contributed by atoms with E-state index in [1.165, 1.54) is 6.42 Å². The van der Waals surface area contributed by atoms with E-state index in [2.05, 4.69) is 29.6 Å². The molecule has 1 saturated carbocycles. The van der Waals surface area contributed by atoms with Crippen molar-refractivity contribution in [3.8, 4) is 0 Å². The van der Waals surface area contributed by atoms with Gasteiger partial charge in [0.25, 0.3) is 0 Å². The van der Waals surface area contributed by atoms with Crippen molar-refractivity contribution in [1.29, 1.82) is 0 Å². The van der Waals surface area contributed by atoms with Crippen LogP contribution in [0.5, 0.6) is 0 Å². The van der Waals surface area contributed by atoms with Gasteiger partial charge in [-0.2, -0.15) is 0 Å². The normalized spacial score (nSPS) is 20.5. The van der Waals surface area contributed by atoms with E-state index in [1.807, 2.05) is 11.1 Å². The Balaban J connectivity index is 1.51. The number of rotatable bonds is 4. The number of carbonyl (C=O) groups excluding carboxylic acids is 1. The number of amides is 1. The molecular weight excluding hydrogens is 238 g/mol. The molecule has 1 aromatic rings. The van der Waals surface area contributed by atoms with E-state index in [4.69, 9.17) is 0 Å². The van der Waals surface area contributed by atoms with Crippen molar-refractivity contribution in [2.75, 3.05) is 13.1 Å². The Kier molecular flexibility index (Phi) is 3.33. The number of nitrogens with zero attached hydrogens (tertiary/aromatic N) is 3. The highest BCUT2D eigenvalue weighted by molar-refractivity contribution is 5.80. The van der Waals surface area contributed by atoms with E-state index in [9.17, 15) is 4.79 Å². The molecule has 2 aliphatic rings. The molecule has 104 valence electrons. The number of likely N-dealkylation sites (tertiary alicyclic amines) is 1. The fraction of sp³-hybridized carbons (Fsp3) is 0.733. The van der Waals surface area contributed by atoms with E-state index in [-0.39, 0.29) is 0 Å². The maximum atomic E-state index is 12.0. The van der Waals surface area contributed by atoms with Gasteiger partial charge < -0.3 is 9.47 Å². The van der Waals surface area contributed by atoms with Crippen LogP contribution in [0, 0.1) is 11.8 Å². The van der Waals surface area contributed by atoms with Gasteiger partial charge in [-0.25, -0.2) is 4.98 Å². The van der Waals surface area contributed by atoms with E-state index in [0.717, 1.165) is 38.3 Å². The summed E-state index contributed by atoms with van der Waals surface area (Å²) in [6, 6.07) is 0. The van der Waals surface area contributed by atoms with Crippen molar-refractivity contribution in [1.82, 2.24) is 14.5 Å². The van der Waals surface area contributed by atoms with Gasteiger partial charge >= 0.3 is 0 Å². The lowest BCUT2D eigenvalue weighted by atomic mass is 9.83. The highest BCUT2D eigenvalue weighted by atomic mass is 16.2. The fourth-order valence-corrected chi connectivity index (χ4v) is 3.03. The summed E-state index contributed by atoms with van der Waals surface area (Å²) in [5.41, 5.74) is 0. The number of carbonyl (C=O) groups is 1. The first-order valence-electron chi connectivity index (χ1n) is 7.45. The maximum Gasteiger partial charge on any atom is 0.225 e. The van der Waals surface area contributed by atoms with Gasteiger partial charge in [-0.3, -0.25) is 4.79 Å². The molecule has 4 heteroatoms. The molecule has 2 heterocycles. The summed E-state index contributed by atoms with van der Waals surface area (Å²) in [6.45, 7) is 7.22. The van der Waals surface area contributed by atoms with Crippen molar-refractivity contribution >= 4 is 5.91 Å². The zero-order chi connectivity index (χ0) is 13.4. The molecule has 19 heavy (non-hydrogen) atoms. The van der Waals surface area contributed by atoms with Gasteiger partial charge in [0.15, 0.2) is 0 Å². The highest BCUT2D eigenvalue weighted by Gasteiger charge is 2.36. The summed E-state index contributed by atoms with van der Waals surface area (Å²) in [7, 11) is 0. The summed E-state index contributed by atoms with van der Waals surface area (Å²) < 4.78 is 2.25. The average molecular weight is 261 g/mol. The van der Waals surface area contributed by atoms with Crippen LogP contribution >= 0.6 is 0 Å². The fourth-order valence-electron chi connectivity index (χ4n) is 3.03. The van der Waals surface area contributed by atoms with Crippen LogP contribution in [0.2, 0.25) is 0 Å². The zero-order valence-electron chi connectivity index (χ0n) is 11.9. The summed E-state index contributed by atoms with van der Waals surface area (Å²) in [4.78, 5) is 18.5. The second kappa shape index (κ2) is 4.99. The molecule has 0 radical (unpaired) electrons. The van der Waals surface area contributed by atoms with Crippen molar-refractivity contribution < 1.29 is 4.79 Å². The Morgan fingerprint density at radius 2 is 2.16 bits per heavy atom. The number of hydrogen-bond donors (Lipinski definition) is 0. The number of aromatic nitrogens is 2. The van der Waals surface area contributed by atoms with Crippen LogP contribution in [0.3, 0.4) is 0 Å². The summed E-state index contributed by atoms with van der Waals surface area (Å²) in [5.74, 6) is 2.97. The van der Waals surface area contributed by atoms with Crippen molar-refractivity contribution in [3.05, 3.63) is 18.2 Å². The molecule has 3 rings (SSSR count). The molecule has 0 aromatic carbocycles. The minimum Gasteiger partial charge on any atom is -0.342 e. The minimum absolute atomic E-state index is 0.348. The van der Waals surface area contributed by atoms with E-state index >= 15 is 0 Å². The van der Waals surface area contributed by atoms with Gasteiger partial charge in [0.05, 0.1) is 0 Å². The standard InChI is InChI=1S/C15H23N3O/c1-11(2)14-16-6-7-17(14)8-12-9-18(10-12)15(19)13-4-3-5-13/h6-7,11-13H,3-5,8-10H2,1-2H3. The van der Waals surface area contributed by atoms with E-state index in [0.29, 0.717) is 23.7 Å². The van der Waals surface area contributed by atoms with Crippen LogP contribution < -0.4 is 0 Å². The third kappa shape index (κ3) is 2.40. The first-order chi connectivity index (χ1) is 9.15. The molecule has 2 fully saturated rings. The molecule has 1 aliphatic heterocycles. The van der Waals surface area contributed by atoms with Gasteiger partial charge in [0.2, 0.25) is 5.91 Å². The number of hydrogen-bond acceptors (Lipinski definition) is 2.